The Balaban J connectivity index is 2.22. The number of rotatable bonds is 2. The molecule has 1 rings (SSSR count). The Labute approximate surface area is 55.6 Å². The number of hydrogen-bond donors (Lipinski definition) is 2. The van der Waals surface area contributed by atoms with Crippen LogP contribution in [0.25, 0.3) is 0 Å². The van der Waals surface area contributed by atoms with Gasteiger partial charge in [0.1, 0.15) is 0 Å². The lowest BCUT2D eigenvalue weighted by molar-refractivity contribution is 0.153. The molecule has 1 fully saturated rings. The largest absolute Gasteiger partial charge is 0.384 e. The molecule has 0 radical (unpaired) electrons. The van der Waals surface area contributed by atoms with Crippen LogP contribution in [-0.2, 0) is 4.74 Å². The highest BCUT2D eigenvalue weighted by atomic mass is 16.5. The summed E-state index contributed by atoms with van der Waals surface area (Å²) in [5, 5.41) is 3.20. The van der Waals surface area contributed by atoms with Crippen LogP contribution in [0.5, 0.6) is 0 Å². The minimum atomic E-state index is 0.296. The summed E-state index contributed by atoms with van der Waals surface area (Å²) in [5.74, 6) is 0.523. The molecule has 0 aromatic carbocycles. The van der Waals surface area contributed by atoms with Crippen LogP contribution in [0.3, 0.4) is 0 Å². The SMILES string of the molecule is COCC1CNCC1N. The highest BCUT2D eigenvalue weighted by Gasteiger charge is 2.22. The summed E-state index contributed by atoms with van der Waals surface area (Å²) in [6.07, 6.45) is 0. The van der Waals surface area contributed by atoms with Gasteiger partial charge >= 0.3 is 0 Å². The van der Waals surface area contributed by atoms with Crippen LogP contribution < -0.4 is 11.1 Å². The van der Waals surface area contributed by atoms with Gasteiger partial charge in [0.25, 0.3) is 0 Å². The third kappa shape index (κ3) is 1.64. The second-order valence-corrected chi connectivity index (χ2v) is 2.54. The van der Waals surface area contributed by atoms with Gasteiger partial charge in [-0.15, -0.1) is 0 Å². The fourth-order valence-corrected chi connectivity index (χ4v) is 1.15. The Morgan fingerprint density at radius 2 is 2.44 bits per heavy atom. The lowest BCUT2D eigenvalue weighted by Crippen LogP contribution is -2.31. The van der Waals surface area contributed by atoms with Crippen LogP contribution in [0.2, 0.25) is 0 Å². The van der Waals surface area contributed by atoms with Crippen LogP contribution in [0, 0.1) is 5.92 Å². The first-order chi connectivity index (χ1) is 4.34. The summed E-state index contributed by atoms with van der Waals surface area (Å²) >= 11 is 0. The molecule has 2 unspecified atom stereocenters. The predicted octanol–water partition coefficient (Wildman–Crippen LogP) is -0.820. The zero-order chi connectivity index (χ0) is 6.69. The smallest absolute Gasteiger partial charge is 0.0517 e. The zero-order valence-electron chi connectivity index (χ0n) is 5.76. The van der Waals surface area contributed by atoms with Gasteiger partial charge in [0.05, 0.1) is 6.61 Å². The molecule has 0 aromatic heterocycles. The van der Waals surface area contributed by atoms with Gasteiger partial charge in [-0.2, -0.15) is 0 Å². The minimum Gasteiger partial charge on any atom is -0.384 e. The van der Waals surface area contributed by atoms with E-state index in [0.29, 0.717) is 12.0 Å². The van der Waals surface area contributed by atoms with Gasteiger partial charge in [0, 0.05) is 32.2 Å². The minimum absolute atomic E-state index is 0.296. The van der Waals surface area contributed by atoms with E-state index in [-0.39, 0.29) is 0 Å². The van der Waals surface area contributed by atoms with Crippen molar-refractivity contribution >= 4 is 0 Å². The Hall–Kier alpha value is -0.120. The van der Waals surface area contributed by atoms with Gasteiger partial charge in [-0.25, -0.2) is 0 Å². The van der Waals surface area contributed by atoms with Crippen LogP contribution in [0.15, 0.2) is 0 Å². The molecule has 3 heteroatoms. The van der Waals surface area contributed by atoms with Crippen LogP contribution in [-0.4, -0.2) is 32.8 Å². The molecule has 3 N–H and O–H groups in total. The molecular weight excluding hydrogens is 116 g/mol. The maximum atomic E-state index is 5.72. The third-order valence-electron chi connectivity index (χ3n) is 1.77. The molecule has 0 aromatic rings. The topological polar surface area (TPSA) is 47.3 Å². The second-order valence-electron chi connectivity index (χ2n) is 2.54. The van der Waals surface area contributed by atoms with Gasteiger partial charge in [0.15, 0.2) is 0 Å². The van der Waals surface area contributed by atoms with Crippen molar-refractivity contribution in [2.24, 2.45) is 11.7 Å². The average molecular weight is 130 g/mol. The first kappa shape index (κ1) is 6.99. The molecule has 1 aliphatic heterocycles. The van der Waals surface area contributed by atoms with Crippen molar-refractivity contribution in [2.45, 2.75) is 6.04 Å². The molecule has 0 amide bonds. The molecule has 1 heterocycles. The standard InChI is InChI=1S/C6H14N2O/c1-9-4-5-2-8-3-6(5)7/h5-6,8H,2-4,7H2,1H3. The van der Waals surface area contributed by atoms with E-state index in [1.165, 1.54) is 0 Å². The van der Waals surface area contributed by atoms with Crippen LogP contribution in [0.4, 0.5) is 0 Å². The number of methoxy groups -OCH3 is 1. The van der Waals surface area contributed by atoms with Crippen molar-refractivity contribution in [1.29, 1.82) is 0 Å². The fraction of sp³-hybridized carbons (Fsp3) is 1.00. The Morgan fingerprint density at radius 3 is 2.89 bits per heavy atom. The predicted molar refractivity (Wildman–Crippen MR) is 36.2 cm³/mol. The fourth-order valence-electron chi connectivity index (χ4n) is 1.15. The van der Waals surface area contributed by atoms with E-state index in [1.807, 2.05) is 0 Å². The van der Waals surface area contributed by atoms with Gasteiger partial charge in [-0.3, -0.25) is 0 Å². The number of hydrogen-bond acceptors (Lipinski definition) is 3. The van der Waals surface area contributed by atoms with Crippen molar-refractivity contribution in [2.75, 3.05) is 26.8 Å². The molecule has 1 saturated heterocycles. The third-order valence-corrected chi connectivity index (χ3v) is 1.77. The van der Waals surface area contributed by atoms with Crippen molar-refractivity contribution < 1.29 is 4.74 Å². The lowest BCUT2D eigenvalue weighted by atomic mass is 10.1. The highest BCUT2D eigenvalue weighted by molar-refractivity contribution is 4.83. The Morgan fingerprint density at radius 1 is 1.67 bits per heavy atom. The van der Waals surface area contributed by atoms with E-state index < -0.39 is 0 Å². The molecule has 0 aliphatic carbocycles. The summed E-state index contributed by atoms with van der Waals surface area (Å²) in [6.45, 7) is 2.73. The van der Waals surface area contributed by atoms with Crippen molar-refractivity contribution in [1.82, 2.24) is 5.32 Å². The Bertz CT molecular complexity index is 87.1. The molecule has 54 valence electrons. The first-order valence-electron chi connectivity index (χ1n) is 3.30. The number of nitrogens with one attached hydrogen (secondary N) is 1. The Kier molecular flexibility index (Phi) is 2.45. The van der Waals surface area contributed by atoms with Gasteiger partial charge in [0.2, 0.25) is 0 Å². The van der Waals surface area contributed by atoms with Gasteiger partial charge < -0.3 is 15.8 Å². The molecular formula is C6H14N2O. The summed E-state index contributed by atoms with van der Waals surface area (Å²) in [6, 6.07) is 0.296. The van der Waals surface area contributed by atoms with Crippen molar-refractivity contribution in [3.05, 3.63) is 0 Å². The first-order valence-corrected chi connectivity index (χ1v) is 3.30. The van der Waals surface area contributed by atoms with Crippen molar-refractivity contribution in [3.8, 4) is 0 Å². The normalized spacial score (nSPS) is 35.3. The maximum absolute atomic E-state index is 5.72. The number of nitrogens with two attached hydrogens (primary N) is 1. The highest BCUT2D eigenvalue weighted by Crippen LogP contribution is 2.05. The van der Waals surface area contributed by atoms with E-state index in [4.69, 9.17) is 10.5 Å². The second kappa shape index (κ2) is 3.15. The summed E-state index contributed by atoms with van der Waals surface area (Å²) in [7, 11) is 1.71. The number of ether oxygens (including phenoxy) is 1. The summed E-state index contributed by atoms with van der Waals surface area (Å²) in [4.78, 5) is 0. The van der Waals surface area contributed by atoms with E-state index >= 15 is 0 Å². The van der Waals surface area contributed by atoms with E-state index in [9.17, 15) is 0 Å². The summed E-state index contributed by atoms with van der Waals surface area (Å²) in [5.41, 5.74) is 5.72. The van der Waals surface area contributed by atoms with Gasteiger partial charge in [-0.1, -0.05) is 0 Å². The molecule has 0 saturated carbocycles. The average Bonchev–Trinajstić information content (AvgIpc) is 2.18. The molecule has 9 heavy (non-hydrogen) atoms. The van der Waals surface area contributed by atoms with E-state index in [2.05, 4.69) is 5.32 Å². The maximum Gasteiger partial charge on any atom is 0.0517 e. The molecule has 0 spiro atoms. The summed E-state index contributed by atoms with van der Waals surface area (Å²) < 4.78 is 4.98. The zero-order valence-corrected chi connectivity index (χ0v) is 5.76. The molecule has 1 aliphatic rings. The van der Waals surface area contributed by atoms with Crippen LogP contribution in [0.1, 0.15) is 0 Å². The van der Waals surface area contributed by atoms with Gasteiger partial charge in [-0.05, 0) is 0 Å². The molecule has 2 atom stereocenters. The van der Waals surface area contributed by atoms with E-state index in [1.54, 1.807) is 7.11 Å². The quantitative estimate of drug-likeness (QED) is 0.513. The lowest BCUT2D eigenvalue weighted by Gasteiger charge is -2.11. The van der Waals surface area contributed by atoms with Crippen LogP contribution >= 0.6 is 0 Å². The van der Waals surface area contributed by atoms with E-state index in [0.717, 1.165) is 19.7 Å². The monoisotopic (exact) mass is 130 g/mol. The molecule has 3 nitrogen and oxygen atoms in total. The van der Waals surface area contributed by atoms with Crippen molar-refractivity contribution in [3.63, 3.8) is 0 Å². The molecule has 0 bridgehead atoms.